The molecule has 0 fully saturated rings. The second kappa shape index (κ2) is 4.81. The topological polar surface area (TPSA) is 60.5 Å². The summed E-state index contributed by atoms with van der Waals surface area (Å²) in [6.45, 7) is 0. The SMILES string of the molecule is N#CCc1c(C(F)F)cnc(C#N)c1Br. The van der Waals surface area contributed by atoms with Crippen LogP contribution in [-0.2, 0) is 6.42 Å². The van der Waals surface area contributed by atoms with Crippen molar-refractivity contribution in [3.05, 3.63) is 27.5 Å². The van der Waals surface area contributed by atoms with Gasteiger partial charge in [-0.25, -0.2) is 13.8 Å². The highest BCUT2D eigenvalue weighted by molar-refractivity contribution is 9.10. The van der Waals surface area contributed by atoms with E-state index in [2.05, 4.69) is 20.9 Å². The van der Waals surface area contributed by atoms with E-state index in [1.165, 1.54) is 0 Å². The fourth-order valence-electron chi connectivity index (χ4n) is 1.06. The maximum Gasteiger partial charge on any atom is 0.265 e. The van der Waals surface area contributed by atoms with E-state index in [1.54, 1.807) is 12.1 Å². The van der Waals surface area contributed by atoms with Crippen LogP contribution in [0.5, 0.6) is 0 Å². The normalized spacial score (nSPS) is 9.73. The summed E-state index contributed by atoms with van der Waals surface area (Å²) >= 11 is 2.99. The Morgan fingerprint density at radius 3 is 2.60 bits per heavy atom. The summed E-state index contributed by atoms with van der Waals surface area (Å²) in [4.78, 5) is 3.56. The van der Waals surface area contributed by atoms with Gasteiger partial charge in [0.05, 0.1) is 17.0 Å². The molecule has 0 saturated carbocycles. The second-order valence-corrected chi connectivity index (χ2v) is 3.40. The van der Waals surface area contributed by atoms with E-state index in [4.69, 9.17) is 10.5 Å². The molecule has 0 unspecified atom stereocenters. The third-order valence-electron chi connectivity index (χ3n) is 1.75. The van der Waals surface area contributed by atoms with Crippen LogP contribution in [0, 0.1) is 22.7 Å². The molecule has 3 nitrogen and oxygen atoms in total. The van der Waals surface area contributed by atoms with Crippen molar-refractivity contribution >= 4 is 15.9 Å². The Morgan fingerprint density at radius 2 is 2.13 bits per heavy atom. The van der Waals surface area contributed by atoms with E-state index < -0.39 is 6.43 Å². The minimum absolute atomic E-state index is 0.00431. The molecule has 1 aromatic heterocycles. The van der Waals surface area contributed by atoms with Gasteiger partial charge in [-0.15, -0.1) is 0 Å². The molecule has 0 radical (unpaired) electrons. The lowest BCUT2D eigenvalue weighted by molar-refractivity contribution is 0.150. The lowest BCUT2D eigenvalue weighted by atomic mass is 10.1. The van der Waals surface area contributed by atoms with Crippen molar-refractivity contribution < 1.29 is 8.78 Å². The van der Waals surface area contributed by atoms with Crippen LogP contribution < -0.4 is 0 Å². The highest BCUT2D eigenvalue weighted by Crippen LogP contribution is 2.29. The minimum atomic E-state index is -2.70. The van der Waals surface area contributed by atoms with Crippen LogP contribution in [0.2, 0.25) is 0 Å². The maximum atomic E-state index is 12.5. The highest BCUT2D eigenvalue weighted by Gasteiger charge is 2.18. The van der Waals surface area contributed by atoms with Crippen LogP contribution in [0.25, 0.3) is 0 Å². The van der Waals surface area contributed by atoms with Crippen molar-refractivity contribution in [1.82, 2.24) is 4.98 Å². The number of halogens is 3. The second-order valence-electron chi connectivity index (χ2n) is 2.60. The highest BCUT2D eigenvalue weighted by atomic mass is 79.9. The van der Waals surface area contributed by atoms with Gasteiger partial charge >= 0.3 is 0 Å². The summed E-state index contributed by atoms with van der Waals surface area (Å²) in [7, 11) is 0. The Morgan fingerprint density at radius 1 is 1.47 bits per heavy atom. The average molecular weight is 272 g/mol. The summed E-state index contributed by atoms with van der Waals surface area (Å²) in [5, 5.41) is 17.1. The van der Waals surface area contributed by atoms with Crippen LogP contribution in [0.15, 0.2) is 10.7 Å². The largest absolute Gasteiger partial charge is 0.265 e. The van der Waals surface area contributed by atoms with Crippen molar-refractivity contribution in [2.45, 2.75) is 12.8 Å². The van der Waals surface area contributed by atoms with Crippen LogP contribution in [0.4, 0.5) is 8.78 Å². The maximum absolute atomic E-state index is 12.5. The number of rotatable bonds is 2. The molecule has 0 atom stereocenters. The Labute approximate surface area is 93.1 Å². The molecule has 76 valence electrons. The zero-order valence-electron chi connectivity index (χ0n) is 7.34. The first-order valence-electron chi connectivity index (χ1n) is 3.84. The number of nitrogens with zero attached hydrogens (tertiary/aromatic N) is 3. The molecular weight excluding hydrogens is 268 g/mol. The Bertz CT molecular complexity index is 460. The number of aromatic nitrogens is 1. The van der Waals surface area contributed by atoms with Crippen molar-refractivity contribution in [3.8, 4) is 12.1 Å². The predicted octanol–water partition coefficient (Wildman–Crippen LogP) is 2.72. The van der Waals surface area contributed by atoms with E-state index >= 15 is 0 Å². The van der Waals surface area contributed by atoms with Crippen LogP contribution in [0.1, 0.15) is 23.2 Å². The van der Waals surface area contributed by atoms with E-state index in [0.717, 1.165) is 6.20 Å². The molecular formula is C9H4BrF2N3. The number of hydrogen-bond acceptors (Lipinski definition) is 3. The van der Waals surface area contributed by atoms with Crippen molar-refractivity contribution in [3.63, 3.8) is 0 Å². The molecule has 6 heteroatoms. The Kier molecular flexibility index (Phi) is 3.70. The first kappa shape index (κ1) is 11.5. The molecule has 15 heavy (non-hydrogen) atoms. The van der Waals surface area contributed by atoms with Crippen LogP contribution in [0.3, 0.4) is 0 Å². The molecule has 0 spiro atoms. The molecule has 0 amide bonds. The first-order chi connectivity index (χ1) is 7.11. The standard InChI is InChI=1S/C9H4BrF2N3/c10-8-5(1-2-13)6(9(11)12)4-15-7(8)3-14/h4,9H,1H2. The molecule has 1 aromatic rings. The minimum Gasteiger partial charge on any atom is -0.244 e. The van der Waals surface area contributed by atoms with E-state index in [9.17, 15) is 8.78 Å². The van der Waals surface area contributed by atoms with Crippen LogP contribution >= 0.6 is 15.9 Å². The van der Waals surface area contributed by atoms with Gasteiger partial charge in [-0.05, 0) is 21.5 Å². The summed E-state index contributed by atoms with van der Waals surface area (Å²) < 4.78 is 25.2. The number of alkyl halides is 2. The molecule has 0 aliphatic rings. The van der Waals surface area contributed by atoms with Crippen LogP contribution in [-0.4, -0.2) is 4.98 Å². The van der Waals surface area contributed by atoms with Crippen molar-refractivity contribution in [1.29, 1.82) is 10.5 Å². The number of pyridine rings is 1. The molecule has 1 rings (SSSR count). The van der Waals surface area contributed by atoms with E-state index in [-0.39, 0.29) is 27.7 Å². The average Bonchev–Trinajstić information content (AvgIpc) is 2.20. The van der Waals surface area contributed by atoms with Crippen molar-refractivity contribution in [2.75, 3.05) is 0 Å². The fraction of sp³-hybridized carbons (Fsp3) is 0.222. The monoisotopic (exact) mass is 271 g/mol. The van der Waals surface area contributed by atoms with Gasteiger partial charge in [0, 0.05) is 11.8 Å². The zero-order valence-corrected chi connectivity index (χ0v) is 8.92. The smallest absolute Gasteiger partial charge is 0.244 e. The lowest BCUT2D eigenvalue weighted by Crippen LogP contribution is -2.00. The molecule has 0 aliphatic heterocycles. The predicted molar refractivity (Wildman–Crippen MR) is 50.9 cm³/mol. The third-order valence-corrected chi connectivity index (χ3v) is 2.61. The molecule has 0 aromatic carbocycles. The Balaban J connectivity index is 3.40. The zero-order chi connectivity index (χ0) is 11.4. The number of nitriles is 2. The molecule has 0 bridgehead atoms. The molecule has 0 aliphatic carbocycles. The van der Waals surface area contributed by atoms with Gasteiger partial charge in [-0.2, -0.15) is 10.5 Å². The quantitative estimate of drug-likeness (QED) is 0.831. The van der Waals surface area contributed by atoms with Gasteiger partial charge in [-0.1, -0.05) is 0 Å². The third kappa shape index (κ3) is 2.28. The van der Waals surface area contributed by atoms with Gasteiger partial charge in [0.2, 0.25) is 0 Å². The first-order valence-corrected chi connectivity index (χ1v) is 4.63. The van der Waals surface area contributed by atoms with E-state index in [0.29, 0.717) is 0 Å². The summed E-state index contributed by atoms with van der Waals surface area (Å²) in [6.07, 6.45) is -1.96. The van der Waals surface area contributed by atoms with Gasteiger partial charge in [0.15, 0.2) is 5.69 Å². The summed E-state index contributed by atoms with van der Waals surface area (Å²) in [5.74, 6) is 0. The van der Waals surface area contributed by atoms with E-state index in [1.807, 2.05) is 0 Å². The fourth-order valence-corrected chi connectivity index (χ4v) is 1.62. The molecule has 1 heterocycles. The molecule has 0 N–H and O–H groups in total. The van der Waals surface area contributed by atoms with Crippen molar-refractivity contribution in [2.24, 2.45) is 0 Å². The lowest BCUT2D eigenvalue weighted by Gasteiger charge is -2.08. The summed E-state index contributed by atoms with van der Waals surface area (Å²) in [5.41, 5.74) is -0.189. The Hall–Kier alpha value is -1.53. The van der Waals surface area contributed by atoms with Gasteiger partial charge in [0.1, 0.15) is 6.07 Å². The van der Waals surface area contributed by atoms with Gasteiger partial charge in [0.25, 0.3) is 6.43 Å². The van der Waals surface area contributed by atoms with Gasteiger partial charge in [-0.3, -0.25) is 0 Å². The number of hydrogen-bond donors (Lipinski definition) is 0. The van der Waals surface area contributed by atoms with Gasteiger partial charge < -0.3 is 0 Å². The molecule has 0 saturated heterocycles. The summed E-state index contributed by atoms with van der Waals surface area (Å²) in [6, 6.07) is 3.52.